The Bertz CT molecular complexity index is 729. The van der Waals surface area contributed by atoms with Gasteiger partial charge in [0.2, 0.25) is 0 Å². The van der Waals surface area contributed by atoms with Crippen molar-refractivity contribution in [1.29, 1.82) is 0 Å². The van der Waals surface area contributed by atoms with Crippen LogP contribution in [0.1, 0.15) is 63.9 Å². The van der Waals surface area contributed by atoms with Crippen molar-refractivity contribution in [3.63, 3.8) is 0 Å². The van der Waals surface area contributed by atoms with E-state index in [9.17, 15) is 4.39 Å². The number of pyridine rings is 1. The molecule has 0 atom stereocenters. The lowest BCUT2D eigenvalue weighted by Gasteiger charge is -2.25. The molecule has 136 valence electrons. The van der Waals surface area contributed by atoms with Crippen LogP contribution in [0.15, 0.2) is 42.6 Å². The highest BCUT2D eigenvalue weighted by Gasteiger charge is 2.19. The minimum absolute atomic E-state index is 0.226. The van der Waals surface area contributed by atoms with Crippen molar-refractivity contribution in [2.24, 2.45) is 11.8 Å². The first-order valence-electron chi connectivity index (χ1n) is 9.98. The van der Waals surface area contributed by atoms with Gasteiger partial charge in [0.05, 0.1) is 5.69 Å². The normalized spacial score (nSPS) is 19.6. The maximum Gasteiger partial charge on any atom is 0.123 e. The molecule has 2 heteroatoms. The molecule has 1 heterocycles. The number of hydrogen-bond donors (Lipinski definition) is 0. The molecule has 0 spiro atoms. The molecule has 1 nitrogen and oxygen atoms in total. The fourth-order valence-corrected chi connectivity index (χ4v) is 3.72. The average molecular weight is 349 g/mol. The van der Waals surface area contributed by atoms with Crippen molar-refractivity contribution in [3.05, 3.63) is 54.0 Å². The molecule has 2 aromatic rings. The van der Waals surface area contributed by atoms with Crippen LogP contribution in [0.5, 0.6) is 0 Å². The van der Waals surface area contributed by atoms with Crippen LogP contribution in [-0.4, -0.2) is 4.98 Å². The first kappa shape index (κ1) is 18.6. The maximum absolute atomic E-state index is 13.0. The second-order valence-electron chi connectivity index (χ2n) is 7.42. The smallest absolute Gasteiger partial charge is 0.123 e. The van der Waals surface area contributed by atoms with Crippen molar-refractivity contribution in [2.75, 3.05) is 0 Å². The summed E-state index contributed by atoms with van der Waals surface area (Å²) in [6.45, 7) is 2.27. The van der Waals surface area contributed by atoms with Gasteiger partial charge in [0, 0.05) is 23.2 Å². The lowest BCUT2D eigenvalue weighted by Crippen LogP contribution is -2.13. The van der Waals surface area contributed by atoms with E-state index in [-0.39, 0.29) is 5.82 Å². The Hall–Kier alpha value is -2.14. The second-order valence-corrected chi connectivity index (χ2v) is 7.42. The molecule has 3 rings (SSSR count). The molecule has 1 aromatic carbocycles. The lowest BCUT2D eigenvalue weighted by atomic mass is 9.80. The standard InChI is InChI=1S/C24H28FN/c1-2-3-4-5-19-6-8-20(9-7-19)10-11-21-12-17-24(26-18-21)22-13-15-23(25)16-14-22/h12-20H,2-9H2,1H3. The molecule has 1 saturated carbocycles. The first-order valence-corrected chi connectivity index (χ1v) is 9.98. The van der Waals surface area contributed by atoms with E-state index in [1.165, 1.54) is 63.5 Å². The molecule has 0 N–H and O–H groups in total. The summed E-state index contributed by atoms with van der Waals surface area (Å²) in [5, 5.41) is 0. The molecule has 1 aliphatic carbocycles. The van der Waals surface area contributed by atoms with Crippen LogP contribution in [0.25, 0.3) is 11.3 Å². The zero-order valence-corrected chi connectivity index (χ0v) is 15.7. The van der Waals surface area contributed by atoms with Crippen LogP contribution >= 0.6 is 0 Å². The maximum atomic E-state index is 13.0. The van der Waals surface area contributed by atoms with E-state index in [1.54, 1.807) is 12.1 Å². The SMILES string of the molecule is CCCCCC1CCC(C#Cc2ccc(-c3ccc(F)cc3)nc2)CC1. The number of hydrogen-bond acceptors (Lipinski definition) is 1. The van der Waals surface area contributed by atoms with Crippen molar-refractivity contribution in [1.82, 2.24) is 4.98 Å². The van der Waals surface area contributed by atoms with Crippen LogP contribution in [0, 0.1) is 29.5 Å². The van der Waals surface area contributed by atoms with Crippen LogP contribution < -0.4 is 0 Å². The molecule has 0 aliphatic heterocycles. The Kier molecular flexibility index (Phi) is 6.83. The molecule has 0 saturated heterocycles. The summed E-state index contributed by atoms with van der Waals surface area (Å²) in [4.78, 5) is 4.47. The molecule has 0 bridgehead atoms. The summed E-state index contributed by atoms with van der Waals surface area (Å²) in [5.74, 6) is 7.99. The largest absolute Gasteiger partial charge is 0.255 e. The van der Waals surface area contributed by atoms with E-state index in [0.29, 0.717) is 5.92 Å². The number of halogens is 1. The Morgan fingerprint density at radius 2 is 1.77 bits per heavy atom. The van der Waals surface area contributed by atoms with E-state index >= 15 is 0 Å². The van der Waals surface area contributed by atoms with Crippen molar-refractivity contribution in [2.45, 2.75) is 58.3 Å². The summed E-state index contributed by atoms with van der Waals surface area (Å²) in [5.41, 5.74) is 2.73. The summed E-state index contributed by atoms with van der Waals surface area (Å²) < 4.78 is 13.0. The third kappa shape index (κ3) is 5.43. The predicted octanol–water partition coefficient (Wildman–Crippen LogP) is 6.63. The van der Waals surface area contributed by atoms with Crippen LogP contribution in [0.2, 0.25) is 0 Å². The molecule has 1 aliphatic rings. The molecule has 0 amide bonds. The first-order chi connectivity index (χ1) is 12.7. The Balaban J connectivity index is 1.52. The van der Waals surface area contributed by atoms with E-state index in [4.69, 9.17) is 0 Å². The fraction of sp³-hybridized carbons (Fsp3) is 0.458. The van der Waals surface area contributed by atoms with E-state index < -0.39 is 0 Å². The van der Waals surface area contributed by atoms with Gasteiger partial charge in [-0.2, -0.15) is 0 Å². The van der Waals surface area contributed by atoms with Crippen LogP contribution in [0.4, 0.5) is 4.39 Å². The third-order valence-corrected chi connectivity index (χ3v) is 5.39. The van der Waals surface area contributed by atoms with Gasteiger partial charge in [0.25, 0.3) is 0 Å². The van der Waals surface area contributed by atoms with Gasteiger partial charge in [-0.1, -0.05) is 44.4 Å². The third-order valence-electron chi connectivity index (χ3n) is 5.39. The molecular formula is C24H28FN. The van der Waals surface area contributed by atoms with E-state index in [0.717, 1.165) is 22.7 Å². The van der Waals surface area contributed by atoms with Gasteiger partial charge in [0.15, 0.2) is 0 Å². The van der Waals surface area contributed by atoms with Crippen molar-refractivity contribution < 1.29 is 4.39 Å². The van der Waals surface area contributed by atoms with Gasteiger partial charge in [-0.3, -0.25) is 4.98 Å². The molecule has 0 radical (unpaired) electrons. The Labute approximate surface area is 157 Å². The summed E-state index contributed by atoms with van der Waals surface area (Å²) in [7, 11) is 0. The molecule has 1 fully saturated rings. The Morgan fingerprint density at radius 3 is 2.42 bits per heavy atom. The van der Waals surface area contributed by atoms with E-state index in [2.05, 4.69) is 23.7 Å². The molecule has 0 unspecified atom stereocenters. The van der Waals surface area contributed by atoms with Gasteiger partial charge in [0.1, 0.15) is 5.82 Å². The topological polar surface area (TPSA) is 12.9 Å². The van der Waals surface area contributed by atoms with Gasteiger partial charge < -0.3 is 0 Å². The highest BCUT2D eigenvalue weighted by molar-refractivity contribution is 5.59. The van der Waals surface area contributed by atoms with Crippen LogP contribution in [-0.2, 0) is 0 Å². The average Bonchev–Trinajstić information content (AvgIpc) is 2.69. The number of nitrogens with zero attached hydrogens (tertiary/aromatic N) is 1. The lowest BCUT2D eigenvalue weighted by molar-refractivity contribution is 0.294. The number of benzene rings is 1. The minimum atomic E-state index is -0.226. The quantitative estimate of drug-likeness (QED) is 0.436. The van der Waals surface area contributed by atoms with Gasteiger partial charge in [-0.25, -0.2) is 4.39 Å². The fourth-order valence-electron chi connectivity index (χ4n) is 3.72. The zero-order valence-electron chi connectivity index (χ0n) is 15.7. The van der Waals surface area contributed by atoms with E-state index in [1.807, 2.05) is 18.3 Å². The van der Waals surface area contributed by atoms with Crippen molar-refractivity contribution in [3.8, 4) is 23.1 Å². The number of rotatable bonds is 5. The molecule has 1 aromatic heterocycles. The Morgan fingerprint density at radius 1 is 1.00 bits per heavy atom. The number of aromatic nitrogens is 1. The van der Waals surface area contributed by atoms with Crippen LogP contribution in [0.3, 0.4) is 0 Å². The summed E-state index contributed by atoms with van der Waals surface area (Å²) in [6.07, 6.45) is 12.5. The summed E-state index contributed by atoms with van der Waals surface area (Å²) >= 11 is 0. The van der Waals surface area contributed by atoms with Gasteiger partial charge >= 0.3 is 0 Å². The zero-order chi connectivity index (χ0) is 18.2. The van der Waals surface area contributed by atoms with Crippen molar-refractivity contribution >= 4 is 0 Å². The second kappa shape index (κ2) is 9.53. The predicted molar refractivity (Wildman–Crippen MR) is 106 cm³/mol. The number of unbranched alkanes of at least 4 members (excludes halogenated alkanes) is 2. The molecule has 26 heavy (non-hydrogen) atoms. The minimum Gasteiger partial charge on any atom is -0.255 e. The highest BCUT2D eigenvalue weighted by Crippen LogP contribution is 2.31. The monoisotopic (exact) mass is 349 g/mol. The van der Waals surface area contributed by atoms with Gasteiger partial charge in [-0.15, -0.1) is 0 Å². The summed E-state index contributed by atoms with van der Waals surface area (Å²) in [6, 6.07) is 10.4. The molecular weight excluding hydrogens is 321 g/mol. The van der Waals surface area contributed by atoms with Gasteiger partial charge in [-0.05, 0) is 68.0 Å². The highest BCUT2D eigenvalue weighted by atomic mass is 19.1.